The van der Waals surface area contributed by atoms with Gasteiger partial charge in [-0.15, -0.1) is 0 Å². The highest BCUT2D eigenvalue weighted by Crippen LogP contribution is 2.53. The topological polar surface area (TPSA) is 25.8 Å². The van der Waals surface area contributed by atoms with Crippen LogP contribution in [0.2, 0.25) is 0 Å². The Hall–Kier alpha value is -6.90. The standard InChI is InChI=1S/C53H36N2/c1-53(2)47-29-33(49-39-15-3-7-19-43(39)51(35-13-11-27-54-31-35)44-20-8-4-16-40(44)49)23-25-37(47)38-26-24-34(30-48(38)53)50-41-17-5-9-21-45(41)52(36-14-12-28-55-32-36)46-22-10-6-18-42(46)50/h3-32H,1-2H3. The molecular weight excluding hydrogens is 665 g/mol. The summed E-state index contributed by atoms with van der Waals surface area (Å²) in [6, 6.07) is 58.2. The number of benzene rings is 8. The maximum absolute atomic E-state index is 4.50. The normalized spacial score (nSPS) is 13.1. The Bertz CT molecular complexity index is 2830. The van der Waals surface area contributed by atoms with Gasteiger partial charge in [0.2, 0.25) is 0 Å². The Morgan fingerprint density at radius 1 is 0.327 bits per heavy atom. The molecule has 55 heavy (non-hydrogen) atoms. The molecule has 0 saturated carbocycles. The van der Waals surface area contributed by atoms with Crippen LogP contribution in [0.25, 0.3) is 98.7 Å². The van der Waals surface area contributed by atoms with Crippen LogP contribution >= 0.6 is 0 Å². The summed E-state index contributed by atoms with van der Waals surface area (Å²) in [5.74, 6) is 0. The van der Waals surface area contributed by atoms with E-state index in [4.69, 9.17) is 0 Å². The summed E-state index contributed by atoms with van der Waals surface area (Å²) < 4.78 is 0. The minimum absolute atomic E-state index is 0.209. The molecule has 1 aliphatic carbocycles. The van der Waals surface area contributed by atoms with E-state index < -0.39 is 0 Å². The van der Waals surface area contributed by atoms with E-state index in [1.807, 2.05) is 36.9 Å². The smallest absolute Gasteiger partial charge is 0.0346 e. The van der Waals surface area contributed by atoms with Crippen molar-refractivity contribution in [3.05, 3.63) is 194 Å². The van der Waals surface area contributed by atoms with Crippen molar-refractivity contribution in [2.45, 2.75) is 19.3 Å². The summed E-state index contributed by atoms with van der Waals surface area (Å²) >= 11 is 0. The minimum atomic E-state index is -0.209. The van der Waals surface area contributed by atoms with E-state index >= 15 is 0 Å². The molecule has 10 aromatic rings. The average molecular weight is 701 g/mol. The number of nitrogens with zero attached hydrogens (tertiary/aromatic N) is 2. The number of aromatic nitrogens is 2. The van der Waals surface area contributed by atoms with Crippen LogP contribution in [0.3, 0.4) is 0 Å². The molecule has 2 heteroatoms. The van der Waals surface area contributed by atoms with Gasteiger partial charge in [-0.05, 0) is 123 Å². The average Bonchev–Trinajstić information content (AvgIpc) is 3.47. The van der Waals surface area contributed by atoms with Gasteiger partial charge >= 0.3 is 0 Å². The number of hydrogen-bond donors (Lipinski definition) is 0. The lowest BCUT2D eigenvalue weighted by atomic mass is 9.79. The second-order valence-electron chi connectivity index (χ2n) is 15.3. The second kappa shape index (κ2) is 12.1. The van der Waals surface area contributed by atoms with Crippen molar-refractivity contribution in [1.82, 2.24) is 9.97 Å². The highest BCUT2D eigenvalue weighted by Gasteiger charge is 2.36. The molecule has 0 spiro atoms. The van der Waals surface area contributed by atoms with E-state index in [0.29, 0.717) is 0 Å². The monoisotopic (exact) mass is 700 g/mol. The first-order valence-electron chi connectivity index (χ1n) is 19.1. The molecule has 0 bridgehead atoms. The molecule has 2 heterocycles. The molecule has 0 saturated heterocycles. The Morgan fingerprint density at radius 3 is 0.927 bits per heavy atom. The van der Waals surface area contributed by atoms with Crippen LogP contribution in [-0.4, -0.2) is 9.97 Å². The van der Waals surface area contributed by atoms with Gasteiger partial charge in [0, 0.05) is 41.3 Å². The van der Waals surface area contributed by atoms with Gasteiger partial charge in [0.25, 0.3) is 0 Å². The quantitative estimate of drug-likeness (QED) is 0.171. The van der Waals surface area contributed by atoms with Crippen LogP contribution in [0.4, 0.5) is 0 Å². The van der Waals surface area contributed by atoms with Crippen LogP contribution in [0.1, 0.15) is 25.0 Å². The van der Waals surface area contributed by atoms with E-state index in [0.717, 1.165) is 11.1 Å². The summed E-state index contributed by atoms with van der Waals surface area (Å²) in [4.78, 5) is 9.00. The molecule has 0 fully saturated rings. The summed E-state index contributed by atoms with van der Waals surface area (Å²) in [7, 11) is 0. The molecule has 2 aromatic heterocycles. The van der Waals surface area contributed by atoms with E-state index in [-0.39, 0.29) is 5.41 Å². The third-order valence-corrected chi connectivity index (χ3v) is 12.0. The Morgan fingerprint density at radius 2 is 0.636 bits per heavy atom. The lowest BCUT2D eigenvalue weighted by Gasteiger charge is -2.24. The third-order valence-electron chi connectivity index (χ3n) is 12.0. The summed E-state index contributed by atoms with van der Waals surface area (Å²) in [6.45, 7) is 4.79. The van der Waals surface area contributed by atoms with Crippen molar-refractivity contribution in [2.24, 2.45) is 0 Å². The maximum atomic E-state index is 4.50. The van der Waals surface area contributed by atoms with E-state index in [2.05, 4.69) is 169 Å². The molecule has 0 aliphatic heterocycles. The molecule has 8 aromatic carbocycles. The van der Waals surface area contributed by atoms with Crippen molar-refractivity contribution < 1.29 is 0 Å². The van der Waals surface area contributed by atoms with Gasteiger partial charge in [0.1, 0.15) is 0 Å². The highest BCUT2D eigenvalue weighted by atomic mass is 14.6. The van der Waals surface area contributed by atoms with E-state index in [9.17, 15) is 0 Å². The number of hydrogen-bond acceptors (Lipinski definition) is 2. The minimum Gasteiger partial charge on any atom is -0.264 e. The van der Waals surface area contributed by atoms with Crippen LogP contribution in [0.5, 0.6) is 0 Å². The second-order valence-corrected chi connectivity index (χ2v) is 15.3. The Balaban J connectivity index is 1.10. The number of fused-ring (bicyclic) bond motifs is 7. The fourth-order valence-corrected chi connectivity index (χ4v) is 9.57. The number of pyridine rings is 2. The van der Waals surface area contributed by atoms with Crippen molar-refractivity contribution >= 4 is 43.1 Å². The van der Waals surface area contributed by atoms with E-state index in [1.165, 1.54) is 98.7 Å². The maximum Gasteiger partial charge on any atom is 0.0346 e. The predicted molar refractivity (Wildman–Crippen MR) is 231 cm³/mol. The molecule has 11 rings (SSSR count). The third kappa shape index (κ3) is 4.68. The van der Waals surface area contributed by atoms with Crippen LogP contribution in [-0.2, 0) is 5.41 Å². The summed E-state index contributed by atoms with van der Waals surface area (Å²) in [5.41, 5.74) is 14.9. The van der Waals surface area contributed by atoms with Gasteiger partial charge in [-0.3, -0.25) is 9.97 Å². The molecule has 1 aliphatic rings. The van der Waals surface area contributed by atoms with Crippen molar-refractivity contribution in [2.75, 3.05) is 0 Å². The SMILES string of the molecule is CC1(C)c2cc(-c3c4ccccc4c(-c4cccnc4)c4ccccc34)ccc2-c2ccc(-c3c4ccccc4c(-c4cccnc4)c4ccccc34)cc21. The molecule has 0 unspecified atom stereocenters. The molecule has 0 amide bonds. The summed E-state index contributed by atoms with van der Waals surface area (Å²) in [5, 5.41) is 9.98. The highest BCUT2D eigenvalue weighted by molar-refractivity contribution is 6.23. The van der Waals surface area contributed by atoms with Gasteiger partial charge in [0.05, 0.1) is 0 Å². The summed E-state index contributed by atoms with van der Waals surface area (Å²) in [6.07, 6.45) is 7.66. The van der Waals surface area contributed by atoms with Gasteiger partial charge < -0.3 is 0 Å². The van der Waals surface area contributed by atoms with Crippen molar-refractivity contribution in [3.8, 4) is 55.6 Å². The van der Waals surface area contributed by atoms with Gasteiger partial charge in [-0.1, -0.05) is 147 Å². The molecule has 258 valence electrons. The molecule has 0 radical (unpaired) electrons. The van der Waals surface area contributed by atoms with Crippen LogP contribution < -0.4 is 0 Å². The fraction of sp³-hybridized carbons (Fsp3) is 0.0566. The Kier molecular flexibility index (Phi) is 6.93. The fourth-order valence-electron chi connectivity index (χ4n) is 9.57. The van der Waals surface area contributed by atoms with Gasteiger partial charge in [-0.2, -0.15) is 0 Å². The largest absolute Gasteiger partial charge is 0.264 e. The molecule has 2 nitrogen and oxygen atoms in total. The van der Waals surface area contributed by atoms with E-state index in [1.54, 1.807) is 0 Å². The van der Waals surface area contributed by atoms with Crippen molar-refractivity contribution in [1.29, 1.82) is 0 Å². The zero-order valence-corrected chi connectivity index (χ0v) is 30.7. The molecule has 0 N–H and O–H groups in total. The molecular formula is C53H36N2. The van der Waals surface area contributed by atoms with Crippen LogP contribution in [0.15, 0.2) is 183 Å². The zero-order chi connectivity index (χ0) is 36.7. The predicted octanol–water partition coefficient (Wildman–Crippen LogP) is 14.1. The Labute approximate surface area is 320 Å². The zero-order valence-electron chi connectivity index (χ0n) is 30.7. The van der Waals surface area contributed by atoms with Gasteiger partial charge in [0.15, 0.2) is 0 Å². The lowest BCUT2D eigenvalue weighted by molar-refractivity contribution is 0.661. The van der Waals surface area contributed by atoms with Crippen LogP contribution in [0, 0.1) is 0 Å². The number of rotatable bonds is 4. The van der Waals surface area contributed by atoms with Gasteiger partial charge in [-0.25, -0.2) is 0 Å². The first-order chi connectivity index (χ1) is 27.1. The first-order valence-corrected chi connectivity index (χ1v) is 19.1. The van der Waals surface area contributed by atoms with Crippen molar-refractivity contribution in [3.63, 3.8) is 0 Å². The first kappa shape index (κ1) is 31.6. The molecule has 0 atom stereocenters. The lowest BCUT2D eigenvalue weighted by Crippen LogP contribution is -2.15.